The Bertz CT molecular complexity index is 892. The lowest BCUT2D eigenvalue weighted by Gasteiger charge is -2.42. The second-order valence-corrected chi connectivity index (χ2v) is 8.95. The number of hydrogen-bond donors (Lipinski definition) is 1. The third-order valence-corrected chi connectivity index (χ3v) is 5.65. The highest BCUT2D eigenvalue weighted by Crippen LogP contribution is 2.39. The molecule has 5 heteroatoms. The molecular formula is C23H29ClN2O2. The van der Waals surface area contributed by atoms with Crippen LogP contribution in [-0.4, -0.2) is 30.5 Å². The molecule has 28 heavy (non-hydrogen) atoms. The van der Waals surface area contributed by atoms with Gasteiger partial charge in [-0.25, -0.2) is 0 Å². The number of fused-ring (bicyclic) bond motifs is 1. The summed E-state index contributed by atoms with van der Waals surface area (Å²) in [6, 6.07) is 11.6. The van der Waals surface area contributed by atoms with Crippen molar-refractivity contribution in [3.05, 3.63) is 58.1 Å². The predicted octanol–water partition coefficient (Wildman–Crippen LogP) is 5.66. The number of likely N-dealkylation sites (N-methyl/N-ethyl adjacent to an activating group) is 1. The molecular weight excluding hydrogens is 372 g/mol. The molecule has 0 bridgehead atoms. The Morgan fingerprint density at radius 3 is 2.61 bits per heavy atom. The van der Waals surface area contributed by atoms with Crippen LogP contribution in [0.25, 0.3) is 0 Å². The summed E-state index contributed by atoms with van der Waals surface area (Å²) in [5.74, 6) is 0.398. The van der Waals surface area contributed by atoms with E-state index in [0.717, 1.165) is 12.2 Å². The van der Waals surface area contributed by atoms with Gasteiger partial charge < -0.3 is 10.1 Å². The molecule has 150 valence electrons. The molecule has 1 atom stereocenters. The summed E-state index contributed by atoms with van der Waals surface area (Å²) >= 11 is 6.27. The highest BCUT2D eigenvalue weighted by molar-refractivity contribution is 6.32. The molecule has 0 saturated heterocycles. The number of anilines is 1. The van der Waals surface area contributed by atoms with E-state index >= 15 is 0 Å². The molecule has 1 heterocycles. The van der Waals surface area contributed by atoms with Crippen LogP contribution in [0.2, 0.25) is 5.02 Å². The van der Waals surface area contributed by atoms with Gasteiger partial charge >= 0.3 is 0 Å². The fourth-order valence-electron chi connectivity index (χ4n) is 3.88. The first kappa shape index (κ1) is 20.7. The van der Waals surface area contributed by atoms with Gasteiger partial charge in [0.1, 0.15) is 5.75 Å². The first-order valence-corrected chi connectivity index (χ1v) is 10.1. The van der Waals surface area contributed by atoms with Crippen LogP contribution in [0.4, 0.5) is 5.69 Å². The summed E-state index contributed by atoms with van der Waals surface area (Å²) in [4.78, 5) is 15.1. The highest BCUT2D eigenvalue weighted by atomic mass is 35.5. The molecule has 1 N–H and O–H groups in total. The minimum Gasteiger partial charge on any atom is -0.489 e. The van der Waals surface area contributed by atoms with E-state index in [4.69, 9.17) is 16.3 Å². The maximum Gasteiger partial charge on any atom is 0.255 e. The fourth-order valence-corrected chi connectivity index (χ4v) is 4.11. The van der Waals surface area contributed by atoms with Gasteiger partial charge in [-0.05, 0) is 69.3 Å². The largest absolute Gasteiger partial charge is 0.489 e. The highest BCUT2D eigenvalue weighted by Gasteiger charge is 2.34. The van der Waals surface area contributed by atoms with E-state index < -0.39 is 0 Å². The number of nitrogens with one attached hydrogen (secondary N) is 1. The maximum atomic E-state index is 12.7. The molecule has 0 fully saturated rings. The van der Waals surface area contributed by atoms with Gasteiger partial charge in [-0.2, -0.15) is 0 Å². The van der Waals surface area contributed by atoms with E-state index in [2.05, 4.69) is 50.2 Å². The van der Waals surface area contributed by atoms with Gasteiger partial charge in [0.15, 0.2) is 0 Å². The molecule has 1 aliphatic heterocycles. The maximum absolute atomic E-state index is 12.7. The van der Waals surface area contributed by atoms with Crippen LogP contribution in [-0.2, 0) is 5.41 Å². The third-order valence-electron chi connectivity index (χ3n) is 5.35. The summed E-state index contributed by atoms with van der Waals surface area (Å²) in [6.45, 7) is 11.6. The number of hydrogen-bond acceptors (Lipinski definition) is 3. The lowest BCUT2D eigenvalue weighted by atomic mass is 9.76. The van der Waals surface area contributed by atoms with Crippen molar-refractivity contribution in [3.8, 4) is 5.75 Å². The second-order valence-electron chi connectivity index (χ2n) is 8.54. The number of halogens is 1. The van der Waals surface area contributed by atoms with Gasteiger partial charge in [0.2, 0.25) is 0 Å². The van der Waals surface area contributed by atoms with Crippen molar-refractivity contribution in [1.82, 2.24) is 4.90 Å². The number of carbonyl (C=O) groups is 1. The molecule has 2 aromatic rings. The molecule has 1 aliphatic rings. The van der Waals surface area contributed by atoms with Crippen LogP contribution in [0.3, 0.4) is 0 Å². The van der Waals surface area contributed by atoms with Crippen LogP contribution in [0.5, 0.6) is 5.75 Å². The SMILES string of the molecule is CC(C)Oc1ccc(C(=O)Nc2ccc3c(c2)C(C)N(C)CC3(C)C)cc1Cl. The predicted molar refractivity (Wildman–Crippen MR) is 116 cm³/mol. The molecule has 0 spiro atoms. The normalized spacial score (nSPS) is 18.6. The van der Waals surface area contributed by atoms with Crippen LogP contribution >= 0.6 is 11.6 Å². The van der Waals surface area contributed by atoms with E-state index in [9.17, 15) is 4.79 Å². The fraction of sp³-hybridized carbons (Fsp3) is 0.435. The van der Waals surface area contributed by atoms with E-state index in [-0.39, 0.29) is 17.4 Å². The Balaban J connectivity index is 1.83. The van der Waals surface area contributed by atoms with Crippen LogP contribution in [0.1, 0.15) is 62.1 Å². The molecule has 1 unspecified atom stereocenters. The second kappa shape index (κ2) is 7.76. The van der Waals surface area contributed by atoms with E-state index in [1.807, 2.05) is 19.9 Å². The van der Waals surface area contributed by atoms with Crippen LogP contribution in [0, 0.1) is 0 Å². The molecule has 4 nitrogen and oxygen atoms in total. The van der Waals surface area contributed by atoms with Crippen molar-refractivity contribution in [2.24, 2.45) is 0 Å². The van der Waals surface area contributed by atoms with Gasteiger partial charge in [0, 0.05) is 29.3 Å². The molecule has 3 rings (SSSR count). The van der Waals surface area contributed by atoms with E-state index in [0.29, 0.717) is 22.4 Å². The Morgan fingerprint density at radius 2 is 1.96 bits per heavy atom. The average Bonchev–Trinajstić information content (AvgIpc) is 2.60. The van der Waals surface area contributed by atoms with Crippen molar-refractivity contribution < 1.29 is 9.53 Å². The molecule has 0 radical (unpaired) electrons. The Morgan fingerprint density at radius 1 is 1.25 bits per heavy atom. The number of benzene rings is 2. The van der Waals surface area contributed by atoms with E-state index in [1.54, 1.807) is 18.2 Å². The monoisotopic (exact) mass is 400 g/mol. The van der Waals surface area contributed by atoms with Crippen molar-refractivity contribution in [3.63, 3.8) is 0 Å². The topological polar surface area (TPSA) is 41.6 Å². The lowest BCUT2D eigenvalue weighted by molar-refractivity contribution is 0.102. The van der Waals surface area contributed by atoms with Gasteiger partial charge in [-0.1, -0.05) is 31.5 Å². The molecule has 2 aromatic carbocycles. The molecule has 0 saturated carbocycles. The summed E-state index contributed by atoms with van der Waals surface area (Å²) in [5.41, 5.74) is 3.98. The minimum atomic E-state index is -0.186. The first-order chi connectivity index (χ1) is 13.1. The van der Waals surface area contributed by atoms with Crippen LogP contribution in [0.15, 0.2) is 36.4 Å². The Kier molecular flexibility index (Phi) is 5.74. The first-order valence-electron chi connectivity index (χ1n) is 9.70. The summed E-state index contributed by atoms with van der Waals surface area (Å²) in [7, 11) is 2.14. The van der Waals surface area contributed by atoms with Crippen LogP contribution < -0.4 is 10.1 Å². The molecule has 1 amide bonds. The Labute approximate surface area is 172 Å². The van der Waals surface area contributed by atoms with Crippen molar-refractivity contribution in [2.75, 3.05) is 18.9 Å². The van der Waals surface area contributed by atoms with Crippen molar-refractivity contribution in [1.29, 1.82) is 0 Å². The number of amides is 1. The van der Waals surface area contributed by atoms with E-state index in [1.165, 1.54) is 11.1 Å². The lowest BCUT2D eigenvalue weighted by Crippen LogP contribution is -2.42. The number of ether oxygens (including phenoxy) is 1. The average molecular weight is 401 g/mol. The zero-order valence-corrected chi connectivity index (χ0v) is 18.2. The summed E-state index contributed by atoms with van der Waals surface area (Å²) in [6.07, 6.45) is 0.0250. The minimum absolute atomic E-state index is 0.0250. The van der Waals surface area contributed by atoms with Gasteiger partial charge in [0.25, 0.3) is 5.91 Å². The number of carbonyl (C=O) groups excluding carboxylic acids is 1. The number of nitrogens with zero attached hydrogens (tertiary/aromatic N) is 1. The standard InChI is InChI=1S/C23H29ClN2O2/c1-14(2)28-21-10-7-16(11-20(21)24)22(27)25-17-8-9-19-18(12-17)15(3)26(6)13-23(19,4)5/h7-12,14-15H,13H2,1-6H3,(H,25,27). The van der Waals surface area contributed by atoms with Crippen molar-refractivity contribution >= 4 is 23.2 Å². The summed E-state index contributed by atoms with van der Waals surface area (Å²) < 4.78 is 5.63. The summed E-state index contributed by atoms with van der Waals surface area (Å²) in [5, 5.41) is 3.44. The van der Waals surface area contributed by atoms with Crippen molar-refractivity contribution in [2.45, 2.75) is 52.2 Å². The third kappa shape index (κ3) is 4.18. The smallest absolute Gasteiger partial charge is 0.255 e. The van der Waals surface area contributed by atoms with Gasteiger partial charge in [-0.3, -0.25) is 9.69 Å². The molecule has 0 aliphatic carbocycles. The number of rotatable bonds is 4. The van der Waals surface area contributed by atoms with Gasteiger partial charge in [-0.15, -0.1) is 0 Å². The zero-order valence-electron chi connectivity index (χ0n) is 17.5. The Hall–Kier alpha value is -2.04. The zero-order chi connectivity index (χ0) is 20.6. The molecule has 0 aromatic heterocycles. The van der Waals surface area contributed by atoms with Gasteiger partial charge in [0.05, 0.1) is 11.1 Å². The quantitative estimate of drug-likeness (QED) is 0.719.